The highest BCUT2D eigenvalue weighted by Crippen LogP contribution is 2.12. The molecule has 0 radical (unpaired) electrons. The molecular formula is C22H26N4O2. The summed E-state index contributed by atoms with van der Waals surface area (Å²) in [5.41, 5.74) is 9.83. The first-order valence-electron chi connectivity index (χ1n) is 9.36. The van der Waals surface area contributed by atoms with Crippen molar-refractivity contribution in [3.63, 3.8) is 0 Å². The van der Waals surface area contributed by atoms with Gasteiger partial charge in [0.05, 0.1) is 24.2 Å². The number of nitrogens with one attached hydrogen (secondary N) is 1. The highest BCUT2D eigenvalue weighted by molar-refractivity contribution is 5.81. The molecule has 1 unspecified atom stereocenters. The lowest BCUT2D eigenvalue weighted by Crippen LogP contribution is -2.41. The summed E-state index contributed by atoms with van der Waals surface area (Å²) in [5, 5.41) is 12.4. The number of benzene rings is 2. The summed E-state index contributed by atoms with van der Waals surface area (Å²) in [7, 11) is 0. The quantitative estimate of drug-likeness (QED) is 0.560. The smallest absolute Gasteiger partial charge is 0.237 e. The van der Waals surface area contributed by atoms with E-state index >= 15 is 0 Å². The van der Waals surface area contributed by atoms with Gasteiger partial charge >= 0.3 is 0 Å². The van der Waals surface area contributed by atoms with Gasteiger partial charge in [0, 0.05) is 25.7 Å². The van der Waals surface area contributed by atoms with Gasteiger partial charge in [-0.25, -0.2) is 4.98 Å². The molecule has 3 rings (SSSR count). The SMILES string of the molecule is CC(O)c1ccc(CNC(=O)[C@@H](N)Cc2cn(Cc3ccccc3)cn2)cc1. The highest BCUT2D eigenvalue weighted by atomic mass is 16.3. The molecule has 6 heteroatoms. The molecule has 6 nitrogen and oxygen atoms in total. The second kappa shape index (κ2) is 9.30. The van der Waals surface area contributed by atoms with Crippen LogP contribution in [0.5, 0.6) is 0 Å². The molecule has 1 heterocycles. The Kier molecular flexibility index (Phi) is 6.57. The fourth-order valence-electron chi connectivity index (χ4n) is 2.94. The summed E-state index contributed by atoms with van der Waals surface area (Å²) in [6.07, 6.45) is 3.57. The molecule has 0 saturated carbocycles. The number of hydrogen-bond donors (Lipinski definition) is 3. The molecule has 0 aliphatic heterocycles. The fourth-order valence-corrected chi connectivity index (χ4v) is 2.94. The molecule has 28 heavy (non-hydrogen) atoms. The molecule has 0 spiro atoms. The standard InChI is InChI=1S/C22H26N4O2/c1-16(27)19-9-7-17(8-10-19)12-24-22(28)21(23)11-20-14-26(15-25-20)13-18-5-3-2-4-6-18/h2-10,14-16,21,27H,11-13,23H2,1H3,(H,24,28)/t16?,21-/m0/s1. The molecule has 0 bridgehead atoms. The van der Waals surface area contributed by atoms with E-state index < -0.39 is 12.1 Å². The van der Waals surface area contributed by atoms with E-state index in [1.54, 1.807) is 13.3 Å². The van der Waals surface area contributed by atoms with E-state index in [1.807, 2.05) is 53.2 Å². The molecule has 1 amide bonds. The van der Waals surface area contributed by atoms with Crippen LogP contribution in [0.25, 0.3) is 0 Å². The van der Waals surface area contributed by atoms with Crippen LogP contribution in [0.3, 0.4) is 0 Å². The summed E-state index contributed by atoms with van der Waals surface area (Å²) in [5.74, 6) is -0.211. The Bertz CT molecular complexity index is 888. The van der Waals surface area contributed by atoms with Gasteiger partial charge in [-0.2, -0.15) is 0 Å². The minimum Gasteiger partial charge on any atom is -0.389 e. The van der Waals surface area contributed by atoms with Crippen molar-refractivity contribution in [1.82, 2.24) is 14.9 Å². The van der Waals surface area contributed by atoms with Crippen molar-refractivity contribution in [3.8, 4) is 0 Å². The number of imidazole rings is 1. The molecule has 0 aliphatic carbocycles. The van der Waals surface area contributed by atoms with E-state index in [9.17, 15) is 9.90 Å². The number of nitrogens with zero attached hydrogens (tertiary/aromatic N) is 2. The van der Waals surface area contributed by atoms with E-state index in [-0.39, 0.29) is 5.91 Å². The van der Waals surface area contributed by atoms with Gasteiger partial charge in [0.25, 0.3) is 0 Å². The first-order valence-corrected chi connectivity index (χ1v) is 9.36. The number of aliphatic hydroxyl groups excluding tert-OH is 1. The van der Waals surface area contributed by atoms with Crippen LogP contribution in [0, 0.1) is 0 Å². The third kappa shape index (κ3) is 5.52. The highest BCUT2D eigenvalue weighted by Gasteiger charge is 2.15. The van der Waals surface area contributed by atoms with Crippen LogP contribution in [0.4, 0.5) is 0 Å². The van der Waals surface area contributed by atoms with E-state index in [2.05, 4.69) is 22.4 Å². The number of carbonyl (C=O) groups is 1. The lowest BCUT2D eigenvalue weighted by molar-refractivity contribution is -0.122. The Morgan fingerprint density at radius 1 is 1.14 bits per heavy atom. The maximum absolute atomic E-state index is 12.3. The Morgan fingerprint density at radius 3 is 2.54 bits per heavy atom. The number of rotatable bonds is 8. The van der Waals surface area contributed by atoms with Crippen molar-refractivity contribution < 1.29 is 9.90 Å². The minimum absolute atomic E-state index is 0.211. The largest absolute Gasteiger partial charge is 0.389 e. The first-order chi connectivity index (χ1) is 13.5. The number of nitrogens with two attached hydrogens (primary N) is 1. The Morgan fingerprint density at radius 2 is 1.86 bits per heavy atom. The summed E-state index contributed by atoms with van der Waals surface area (Å²) in [4.78, 5) is 16.6. The van der Waals surface area contributed by atoms with E-state index in [4.69, 9.17) is 5.73 Å². The lowest BCUT2D eigenvalue weighted by atomic mass is 10.1. The second-order valence-corrected chi connectivity index (χ2v) is 6.97. The Labute approximate surface area is 165 Å². The van der Waals surface area contributed by atoms with Crippen molar-refractivity contribution in [2.24, 2.45) is 5.73 Å². The van der Waals surface area contributed by atoms with E-state index in [0.29, 0.717) is 13.0 Å². The third-order valence-electron chi connectivity index (χ3n) is 4.59. The van der Waals surface area contributed by atoms with Crippen LogP contribution in [-0.2, 0) is 24.3 Å². The molecule has 146 valence electrons. The van der Waals surface area contributed by atoms with Gasteiger partial charge in [0.15, 0.2) is 0 Å². The molecule has 4 N–H and O–H groups in total. The average molecular weight is 378 g/mol. The molecule has 0 fully saturated rings. The van der Waals surface area contributed by atoms with Crippen molar-refractivity contribution >= 4 is 5.91 Å². The molecule has 2 aromatic carbocycles. The zero-order valence-electron chi connectivity index (χ0n) is 16.0. The topological polar surface area (TPSA) is 93.2 Å². The Balaban J connectivity index is 1.49. The third-order valence-corrected chi connectivity index (χ3v) is 4.59. The van der Waals surface area contributed by atoms with E-state index in [1.165, 1.54) is 5.56 Å². The van der Waals surface area contributed by atoms with Crippen molar-refractivity contribution in [1.29, 1.82) is 0 Å². The number of hydrogen-bond acceptors (Lipinski definition) is 4. The maximum atomic E-state index is 12.3. The van der Waals surface area contributed by atoms with Crippen molar-refractivity contribution in [3.05, 3.63) is 89.5 Å². The van der Waals surface area contributed by atoms with Gasteiger partial charge in [-0.3, -0.25) is 4.79 Å². The normalized spacial score (nSPS) is 13.1. The zero-order valence-corrected chi connectivity index (χ0v) is 16.0. The van der Waals surface area contributed by atoms with Crippen LogP contribution >= 0.6 is 0 Å². The average Bonchev–Trinajstić information content (AvgIpc) is 3.13. The van der Waals surface area contributed by atoms with Crippen LogP contribution < -0.4 is 11.1 Å². The van der Waals surface area contributed by atoms with Gasteiger partial charge < -0.3 is 20.7 Å². The second-order valence-electron chi connectivity index (χ2n) is 6.97. The van der Waals surface area contributed by atoms with Crippen LogP contribution in [0.15, 0.2) is 67.1 Å². The molecule has 2 atom stereocenters. The lowest BCUT2D eigenvalue weighted by Gasteiger charge is -2.12. The van der Waals surface area contributed by atoms with Crippen LogP contribution in [0.1, 0.15) is 35.4 Å². The van der Waals surface area contributed by atoms with Gasteiger partial charge in [-0.05, 0) is 23.6 Å². The van der Waals surface area contributed by atoms with Gasteiger partial charge in [-0.15, -0.1) is 0 Å². The number of aromatic nitrogens is 2. The molecule has 0 saturated heterocycles. The van der Waals surface area contributed by atoms with Crippen molar-refractivity contribution in [2.45, 2.75) is 38.6 Å². The van der Waals surface area contributed by atoms with Gasteiger partial charge in [0.1, 0.15) is 0 Å². The predicted octanol–water partition coefficient (Wildman–Crippen LogP) is 2.17. The fraction of sp³-hybridized carbons (Fsp3) is 0.273. The minimum atomic E-state index is -0.656. The molecular weight excluding hydrogens is 352 g/mol. The van der Waals surface area contributed by atoms with Gasteiger partial charge in [-0.1, -0.05) is 54.6 Å². The Hall–Kier alpha value is -2.96. The maximum Gasteiger partial charge on any atom is 0.237 e. The molecule has 0 aliphatic rings. The first kappa shape index (κ1) is 19.8. The summed E-state index contributed by atoms with van der Waals surface area (Å²) in [6.45, 7) is 2.85. The zero-order chi connectivity index (χ0) is 19.9. The summed E-state index contributed by atoms with van der Waals surface area (Å²) < 4.78 is 1.99. The van der Waals surface area contributed by atoms with Crippen molar-refractivity contribution in [2.75, 3.05) is 0 Å². The summed E-state index contributed by atoms with van der Waals surface area (Å²) >= 11 is 0. The predicted molar refractivity (Wildman–Crippen MR) is 108 cm³/mol. The monoisotopic (exact) mass is 378 g/mol. The summed E-state index contributed by atoms with van der Waals surface area (Å²) in [6, 6.07) is 16.9. The van der Waals surface area contributed by atoms with Crippen LogP contribution in [-0.4, -0.2) is 26.6 Å². The van der Waals surface area contributed by atoms with Gasteiger partial charge in [0.2, 0.25) is 5.91 Å². The number of amides is 1. The molecule has 3 aromatic rings. The number of carbonyl (C=O) groups excluding carboxylic acids is 1. The van der Waals surface area contributed by atoms with Crippen LogP contribution in [0.2, 0.25) is 0 Å². The molecule has 1 aromatic heterocycles. The number of aliphatic hydroxyl groups is 1. The van der Waals surface area contributed by atoms with E-state index in [0.717, 1.165) is 23.4 Å².